The van der Waals surface area contributed by atoms with Gasteiger partial charge < -0.3 is 18.9 Å². The number of hydrogen-bond donors (Lipinski definition) is 2. The predicted molar refractivity (Wildman–Crippen MR) is 141 cm³/mol. The fourth-order valence-corrected chi connectivity index (χ4v) is 5.27. The number of anilines is 2. The monoisotopic (exact) mass is 598 g/mol. The maximum Gasteiger partial charge on any atom is 0.399 e. The molecule has 0 saturated carbocycles. The summed E-state index contributed by atoms with van der Waals surface area (Å²) in [6, 6.07) is 16.4. The van der Waals surface area contributed by atoms with Crippen LogP contribution in [-0.4, -0.2) is 36.6 Å². The molecule has 0 fully saturated rings. The number of sulfone groups is 1. The molecule has 0 spiro atoms. The Balaban J connectivity index is 1.73. The van der Waals surface area contributed by atoms with Gasteiger partial charge in [0.05, 0.1) is 41.0 Å². The van der Waals surface area contributed by atoms with Crippen LogP contribution in [0.1, 0.15) is 11.1 Å². The summed E-state index contributed by atoms with van der Waals surface area (Å²) in [5.74, 6) is 0.783. The van der Waals surface area contributed by atoms with Crippen LogP contribution in [0.3, 0.4) is 0 Å². The van der Waals surface area contributed by atoms with Crippen molar-refractivity contribution in [2.24, 2.45) is 0 Å². The maximum absolute atomic E-state index is 14.3. The second-order valence-corrected chi connectivity index (χ2v) is 12.5. The first-order chi connectivity index (χ1) is 18.2. The highest BCUT2D eigenvalue weighted by atomic mass is 35.5. The number of hydrogen-bond acceptors (Lipinski definition) is 7. The van der Waals surface area contributed by atoms with Gasteiger partial charge in [0.15, 0.2) is 15.6 Å². The van der Waals surface area contributed by atoms with Crippen molar-refractivity contribution in [1.29, 1.82) is 0 Å². The molecule has 0 amide bonds. The topological polar surface area (TPSA) is 130 Å². The summed E-state index contributed by atoms with van der Waals surface area (Å²) in [5, 5.41) is -0.528. The normalized spacial score (nSPS) is 12.4. The summed E-state index contributed by atoms with van der Waals surface area (Å²) in [4.78, 5) is 24.2. The van der Waals surface area contributed by atoms with E-state index in [1.165, 1.54) is 37.6 Å². The van der Waals surface area contributed by atoms with E-state index in [1.807, 2.05) is 0 Å². The highest BCUT2D eigenvalue weighted by molar-refractivity contribution is 7.90. The largest absolute Gasteiger partial charge is 0.495 e. The lowest BCUT2D eigenvalue weighted by Gasteiger charge is -2.24. The van der Waals surface area contributed by atoms with Crippen LogP contribution in [-0.2, 0) is 26.6 Å². The zero-order valence-corrected chi connectivity index (χ0v) is 22.9. The fraction of sp³-hybridized carbons (Fsp3) is 0.160. The lowest BCUT2D eigenvalue weighted by atomic mass is 10.1. The first-order valence-electron chi connectivity index (χ1n) is 11.1. The van der Waals surface area contributed by atoms with Crippen LogP contribution >= 0.6 is 19.2 Å². The van der Waals surface area contributed by atoms with Crippen LogP contribution in [0.2, 0.25) is 5.02 Å². The second kappa shape index (κ2) is 10.7. The van der Waals surface area contributed by atoms with E-state index in [4.69, 9.17) is 30.5 Å². The van der Waals surface area contributed by atoms with E-state index in [0.717, 1.165) is 12.3 Å². The first kappa shape index (κ1) is 28.7. The van der Waals surface area contributed by atoms with Gasteiger partial charge in [-0.1, -0.05) is 35.9 Å². The summed E-state index contributed by atoms with van der Waals surface area (Å²) >= 11 is 6.03. The maximum atomic E-state index is 14.3. The van der Waals surface area contributed by atoms with Gasteiger partial charge >= 0.3 is 19.3 Å². The highest BCUT2D eigenvalue weighted by Gasteiger charge is 2.51. The summed E-state index contributed by atoms with van der Waals surface area (Å²) in [6.45, 7) is -0.00513. The second-order valence-electron chi connectivity index (χ2n) is 8.46. The molecule has 4 rings (SSSR count). The minimum Gasteiger partial charge on any atom is -0.495 e. The van der Waals surface area contributed by atoms with Crippen molar-refractivity contribution in [1.82, 2.24) is 4.98 Å². The van der Waals surface area contributed by atoms with Gasteiger partial charge in [-0.2, -0.15) is 8.78 Å². The molecule has 2 N–H and O–H groups in total. The third-order valence-electron chi connectivity index (χ3n) is 5.73. The van der Waals surface area contributed by atoms with E-state index in [-0.39, 0.29) is 17.5 Å². The number of nitrogens with zero attached hydrogens (tertiary/aromatic N) is 2. The van der Waals surface area contributed by atoms with Crippen molar-refractivity contribution in [3.8, 4) is 17.1 Å². The molecule has 0 radical (unpaired) electrons. The molecular formula is C25H22ClF2N2O7PS. The minimum absolute atomic E-state index is 0.00513. The molecule has 14 heteroatoms. The molecule has 3 aromatic carbocycles. The Kier molecular flexibility index (Phi) is 7.89. The smallest absolute Gasteiger partial charge is 0.399 e. The molecule has 0 atom stereocenters. The molecule has 1 heterocycles. The van der Waals surface area contributed by atoms with E-state index in [9.17, 15) is 21.8 Å². The summed E-state index contributed by atoms with van der Waals surface area (Å²) in [5.41, 5.74) is -3.99. The Morgan fingerprint density at radius 2 is 1.77 bits per heavy atom. The van der Waals surface area contributed by atoms with Crippen molar-refractivity contribution in [2.45, 2.75) is 17.1 Å². The first-order valence-corrected chi connectivity index (χ1v) is 15.0. The number of para-hydroxylation sites is 2. The molecular weight excluding hydrogens is 577 g/mol. The van der Waals surface area contributed by atoms with Gasteiger partial charge in [-0.15, -0.1) is 0 Å². The summed E-state index contributed by atoms with van der Waals surface area (Å²) < 4.78 is 74.8. The molecule has 0 aliphatic rings. The van der Waals surface area contributed by atoms with Gasteiger partial charge in [0.2, 0.25) is 0 Å². The third-order valence-corrected chi connectivity index (χ3v) is 8.15. The number of aromatic nitrogens is 1. The standard InChI is InChI=1S/C25H22ClF2N2O7PS/c1-36-22-6-4-3-5-21(22)30(15-16-7-12-19(20(26)13-16)25(27,28)38(31,32)33)24-29-14-23(37-24)17-8-10-18(11-9-17)39(2,34)35/h3-14H,15H2,1-2H3,(H2,31,32,33). The lowest BCUT2D eigenvalue weighted by Crippen LogP contribution is -2.18. The molecule has 206 valence electrons. The zero-order valence-electron chi connectivity index (χ0n) is 20.5. The van der Waals surface area contributed by atoms with Gasteiger partial charge in [-0.05, 0) is 48.0 Å². The quantitative estimate of drug-likeness (QED) is 0.224. The predicted octanol–water partition coefficient (Wildman–Crippen LogP) is 5.97. The average molecular weight is 599 g/mol. The highest BCUT2D eigenvalue weighted by Crippen LogP contribution is 2.60. The minimum atomic E-state index is -5.81. The SMILES string of the molecule is COc1ccccc1N(Cc1ccc(C(F)(F)P(=O)(O)O)c(Cl)c1)c1ncc(-c2ccc(S(C)(=O)=O)cc2)o1. The molecule has 0 aliphatic carbocycles. The van der Waals surface area contributed by atoms with Crippen molar-refractivity contribution in [3.63, 3.8) is 0 Å². The van der Waals surface area contributed by atoms with Gasteiger partial charge in [0.25, 0.3) is 0 Å². The van der Waals surface area contributed by atoms with Gasteiger partial charge in [0, 0.05) is 11.8 Å². The van der Waals surface area contributed by atoms with Crippen LogP contribution in [0, 0.1) is 0 Å². The van der Waals surface area contributed by atoms with E-state index in [0.29, 0.717) is 28.3 Å². The Morgan fingerprint density at radius 1 is 1.10 bits per heavy atom. The van der Waals surface area contributed by atoms with Crippen LogP contribution < -0.4 is 9.64 Å². The van der Waals surface area contributed by atoms with Gasteiger partial charge in [0.1, 0.15) is 5.75 Å². The van der Waals surface area contributed by atoms with E-state index >= 15 is 0 Å². The summed E-state index contributed by atoms with van der Waals surface area (Å²) in [6.07, 6.45) is 2.55. The van der Waals surface area contributed by atoms with Crippen molar-refractivity contribution in [3.05, 3.63) is 89.1 Å². The van der Waals surface area contributed by atoms with Crippen molar-refractivity contribution in [2.75, 3.05) is 18.3 Å². The van der Waals surface area contributed by atoms with Crippen LogP contribution in [0.15, 0.2) is 82.2 Å². The lowest BCUT2D eigenvalue weighted by molar-refractivity contribution is 0.0565. The summed E-state index contributed by atoms with van der Waals surface area (Å²) in [7, 11) is -7.72. The molecule has 9 nitrogen and oxygen atoms in total. The number of benzene rings is 3. The molecule has 0 aliphatic heterocycles. The fourth-order valence-electron chi connectivity index (χ4n) is 3.74. The molecule has 0 saturated heterocycles. The van der Waals surface area contributed by atoms with Crippen LogP contribution in [0.5, 0.6) is 5.75 Å². The van der Waals surface area contributed by atoms with Gasteiger partial charge in [-0.25, -0.2) is 13.4 Å². The van der Waals surface area contributed by atoms with E-state index in [1.54, 1.807) is 41.3 Å². The van der Waals surface area contributed by atoms with E-state index < -0.39 is 33.7 Å². The number of methoxy groups -OCH3 is 1. The van der Waals surface area contributed by atoms with Crippen LogP contribution in [0.25, 0.3) is 11.3 Å². The Morgan fingerprint density at radius 3 is 2.36 bits per heavy atom. The zero-order chi connectivity index (χ0) is 28.6. The Bertz CT molecular complexity index is 1660. The number of halogens is 3. The molecule has 1 aromatic heterocycles. The Hall–Kier alpha value is -3.28. The molecule has 0 unspecified atom stereocenters. The third kappa shape index (κ3) is 6.00. The average Bonchev–Trinajstić information content (AvgIpc) is 3.36. The molecule has 4 aromatic rings. The van der Waals surface area contributed by atoms with E-state index in [2.05, 4.69) is 4.98 Å². The van der Waals surface area contributed by atoms with Gasteiger partial charge in [-0.3, -0.25) is 9.46 Å². The number of alkyl halides is 2. The molecule has 39 heavy (non-hydrogen) atoms. The van der Waals surface area contributed by atoms with Crippen LogP contribution in [0.4, 0.5) is 20.5 Å². The number of rotatable bonds is 9. The number of oxazole rings is 1. The number of ether oxygens (including phenoxy) is 1. The Labute approximate surface area is 227 Å². The molecule has 0 bridgehead atoms. The van der Waals surface area contributed by atoms with Crippen molar-refractivity contribution >= 4 is 40.7 Å². The van der Waals surface area contributed by atoms with Crippen molar-refractivity contribution < 1.29 is 40.7 Å².